The van der Waals surface area contributed by atoms with Gasteiger partial charge in [0, 0.05) is 13.1 Å². The Bertz CT molecular complexity index is 543. The quantitative estimate of drug-likeness (QED) is 0.766. The zero-order valence-electron chi connectivity index (χ0n) is 11.0. The molecular weight excluding hydrogens is 238 g/mol. The lowest BCUT2D eigenvalue weighted by Crippen LogP contribution is -2.31. The van der Waals surface area contributed by atoms with Crippen LogP contribution in [-0.2, 0) is 6.54 Å². The first-order chi connectivity index (χ1) is 9.16. The summed E-state index contributed by atoms with van der Waals surface area (Å²) in [4.78, 5) is 14.1. The van der Waals surface area contributed by atoms with Crippen molar-refractivity contribution < 1.29 is 9.21 Å². The number of benzene rings is 1. The van der Waals surface area contributed by atoms with Gasteiger partial charge in [-0.3, -0.25) is 4.79 Å². The van der Waals surface area contributed by atoms with Crippen molar-refractivity contribution >= 4 is 5.91 Å². The molecule has 0 saturated carbocycles. The molecule has 1 amide bonds. The monoisotopic (exact) mass is 255 g/mol. The normalized spacial score (nSPS) is 10.2. The first-order valence-corrected chi connectivity index (χ1v) is 6.18. The molecule has 0 N–H and O–H groups in total. The zero-order chi connectivity index (χ0) is 13.7. The summed E-state index contributed by atoms with van der Waals surface area (Å²) in [5.41, 5.74) is 2.03. The van der Waals surface area contributed by atoms with Crippen LogP contribution in [0, 0.1) is 0 Å². The highest BCUT2D eigenvalue weighted by Gasteiger charge is 2.18. The van der Waals surface area contributed by atoms with Gasteiger partial charge in [0.15, 0.2) is 5.76 Å². The van der Waals surface area contributed by atoms with Crippen molar-refractivity contribution in [1.29, 1.82) is 0 Å². The van der Waals surface area contributed by atoms with Gasteiger partial charge >= 0.3 is 0 Å². The highest BCUT2D eigenvalue weighted by Crippen LogP contribution is 2.12. The lowest BCUT2D eigenvalue weighted by molar-refractivity contribution is 0.0726. The molecule has 0 aliphatic carbocycles. The van der Waals surface area contributed by atoms with Gasteiger partial charge in [0.2, 0.25) is 0 Å². The molecule has 0 atom stereocenters. The van der Waals surface area contributed by atoms with E-state index in [0.29, 0.717) is 18.8 Å². The molecule has 0 unspecified atom stereocenters. The van der Waals surface area contributed by atoms with Crippen molar-refractivity contribution in [3.63, 3.8) is 0 Å². The van der Waals surface area contributed by atoms with Crippen molar-refractivity contribution in [3.05, 3.63) is 72.2 Å². The van der Waals surface area contributed by atoms with Gasteiger partial charge in [-0.05, 0) is 24.6 Å². The fraction of sp³-hybridized carbons (Fsp3) is 0.188. The molecule has 1 heterocycles. The summed E-state index contributed by atoms with van der Waals surface area (Å²) in [7, 11) is 0. The Morgan fingerprint density at radius 2 is 1.95 bits per heavy atom. The van der Waals surface area contributed by atoms with E-state index in [9.17, 15) is 4.79 Å². The molecular formula is C16H17NO2. The van der Waals surface area contributed by atoms with Crippen molar-refractivity contribution in [1.82, 2.24) is 4.90 Å². The zero-order valence-corrected chi connectivity index (χ0v) is 11.0. The third-order valence-electron chi connectivity index (χ3n) is 2.70. The largest absolute Gasteiger partial charge is 0.459 e. The van der Waals surface area contributed by atoms with Crippen molar-refractivity contribution in [3.8, 4) is 0 Å². The Morgan fingerprint density at radius 3 is 2.53 bits per heavy atom. The van der Waals surface area contributed by atoms with Crippen LogP contribution in [-0.4, -0.2) is 17.4 Å². The van der Waals surface area contributed by atoms with E-state index in [-0.39, 0.29) is 5.91 Å². The van der Waals surface area contributed by atoms with E-state index >= 15 is 0 Å². The summed E-state index contributed by atoms with van der Waals surface area (Å²) >= 11 is 0. The van der Waals surface area contributed by atoms with Crippen LogP contribution in [0.3, 0.4) is 0 Å². The van der Waals surface area contributed by atoms with E-state index in [1.165, 1.54) is 6.26 Å². The van der Waals surface area contributed by atoms with Gasteiger partial charge in [0.05, 0.1) is 6.26 Å². The molecule has 2 aromatic rings. The minimum Gasteiger partial charge on any atom is -0.459 e. The highest BCUT2D eigenvalue weighted by molar-refractivity contribution is 5.91. The SMILES string of the molecule is C=C(C)CN(Cc1ccccc1)C(=O)c1ccco1. The predicted molar refractivity (Wildman–Crippen MR) is 74.7 cm³/mol. The van der Waals surface area contributed by atoms with Crippen LogP contribution in [0.2, 0.25) is 0 Å². The minimum atomic E-state index is -0.114. The van der Waals surface area contributed by atoms with Crippen molar-refractivity contribution in [2.75, 3.05) is 6.54 Å². The summed E-state index contributed by atoms with van der Waals surface area (Å²) < 4.78 is 5.17. The maximum absolute atomic E-state index is 12.3. The maximum atomic E-state index is 12.3. The highest BCUT2D eigenvalue weighted by atomic mass is 16.3. The molecule has 98 valence electrons. The summed E-state index contributed by atoms with van der Waals surface area (Å²) in [5.74, 6) is 0.244. The third kappa shape index (κ3) is 3.58. The minimum absolute atomic E-state index is 0.114. The van der Waals surface area contributed by atoms with E-state index in [0.717, 1.165) is 11.1 Å². The lowest BCUT2D eigenvalue weighted by atomic mass is 10.2. The number of hydrogen-bond acceptors (Lipinski definition) is 2. The second-order valence-electron chi connectivity index (χ2n) is 4.58. The Kier molecular flexibility index (Phi) is 4.18. The molecule has 1 aromatic heterocycles. The number of rotatable bonds is 5. The Hall–Kier alpha value is -2.29. The number of nitrogens with zero attached hydrogens (tertiary/aromatic N) is 1. The van der Waals surface area contributed by atoms with Crippen LogP contribution in [0.4, 0.5) is 0 Å². The van der Waals surface area contributed by atoms with Crippen LogP contribution in [0.5, 0.6) is 0 Å². The topological polar surface area (TPSA) is 33.5 Å². The Morgan fingerprint density at radius 1 is 1.21 bits per heavy atom. The molecule has 0 radical (unpaired) electrons. The first-order valence-electron chi connectivity index (χ1n) is 6.18. The Balaban J connectivity index is 2.16. The summed E-state index contributed by atoms with van der Waals surface area (Å²) in [6, 6.07) is 13.3. The molecule has 1 aromatic carbocycles. The van der Waals surface area contributed by atoms with Crippen molar-refractivity contribution in [2.24, 2.45) is 0 Å². The second kappa shape index (κ2) is 6.05. The number of furan rings is 1. The predicted octanol–water partition coefficient (Wildman–Crippen LogP) is 3.50. The molecule has 3 nitrogen and oxygen atoms in total. The second-order valence-corrected chi connectivity index (χ2v) is 4.58. The van der Waals surface area contributed by atoms with Gasteiger partial charge in [-0.1, -0.05) is 42.5 Å². The maximum Gasteiger partial charge on any atom is 0.290 e. The molecule has 0 saturated heterocycles. The lowest BCUT2D eigenvalue weighted by Gasteiger charge is -2.22. The smallest absolute Gasteiger partial charge is 0.290 e. The molecule has 19 heavy (non-hydrogen) atoms. The summed E-state index contributed by atoms with van der Waals surface area (Å²) in [5, 5.41) is 0. The van der Waals surface area contributed by atoms with Gasteiger partial charge < -0.3 is 9.32 Å². The van der Waals surface area contributed by atoms with E-state index in [1.807, 2.05) is 37.3 Å². The van der Waals surface area contributed by atoms with Crippen LogP contribution >= 0.6 is 0 Å². The molecule has 2 rings (SSSR count). The van der Waals surface area contributed by atoms with Crippen LogP contribution in [0.25, 0.3) is 0 Å². The number of carbonyl (C=O) groups excluding carboxylic acids is 1. The number of hydrogen-bond donors (Lipinski definition) is 0. The average Bonchev–Trinajstić information content (AvgIpc) is 2.91. The van der Waals surface area contributed by atoms with E-state index < -0.39 is 0 Å². The molecule has 0 aliphatic heterocycles. The number of amides is 1. The van der Waals surface area contributed by atoms with Crippen LogP contribution < -0.4 is 0 Å². The van der Waals surface area contributed by atoms with Gasteiger partial charge in [0.25, 0.3) is 5.91 Å². The molecule has 0 spiro atoms. The number of carbonyl (C=O) groups is 1. The van der Waals surface area contributed by atoms with E-state index in [1.54, 1.807) is 17.0 Å². The van der Waals surface area contributed by atoms with Gasteiger partial charge in [0.1, 0.15) is 0 Å². The van der Waals surface area contributed by atoms with Crippen LogP contribution in [0.15, 0.2) is 65.3 Å². The molecule has 0 aliphatic rings. The standard InChI is InChI=1S/C16H17NO2/c1-13(2)11-17(12-14-7-4-3-5-8-14)16(18)15-9-6-10-19-15/h3-10H,1,11-12H2,2H3. The fourth-order valence-corrected chi connectivity index (χ4v) is 1.89. The average molecular weight is 255 g/mol. The fourth-order valence-electron chi connectivity index (χ4n) is 1.89. The molecule has 0 bridgehead atoms. The van der Waals surface area contributed by atoms with Gasteiger partial charge in [-0.2, -0.15) is 0 Å². The summed E-state index contributed by atoms with van der Waals surface area (Å²) in [6.07, 6.45) is 1.51. The van der Waals surface area contributed by atoms with E-state index in [4.69, 9.17) is 4.42 Å². The van der Waals surface area contributed by atoms with Crippen molar-refractivity contribution in [2.45, 2.75) is 13.5 Å². The Labute approximate surface area is 113 Å². The third-order valence-corrected chi connectivity index (χ3v) is 2.70. The molecule has 0 fully saturated rings. The van der Waals surface area contributed by atoms with E-state index in [2.05, 4.69) is 6.58 Å². The van der Waals surface area contributed by atoms with Gasteiger partial charge in [-0.25, -0.2) is 0 Å². The first kappa shape index (κ1) is 13.1. The molecule has 3 heteroatoms. The van der Waals surface area contributed by atoms with Crippen LogP contribution in [0.1, 0.15) is 23.0 Å². The summed E-state index contributed by atoms with van der Waals surface area (Å²) in [6.45, 7) is 6.86. The van der Waals surface area contributed by atoms with Gasteiger partial charge in [-0.15, -0.1) is 0 Å².